The summed E-state index contributed by atoms with van der Waals surface area (Å²) in [5.41, 5.74) is 0. The smallest absolute Gasteiger partial charge is 0.142 e. The van der Waals surface area contributed by atoms with Gasteiger partial charge in [-0.05, 0) is 6.42 Å². The van der Waals surface area contributed by atoms with E-state index in [4.69, 9.17) is 0 Å². The van der Waals surface area contributed by atoms with Crippen LogP contribution in [0.2, 0.25) is 0 Å². The lowest BCUT2D eigenvalue weighted by atomic mass is 10.6. The lowest BCUT2D eigenvalue weighted by Gasteiger charge is -2.07. The third-order valence-electron chi connectivity index (χ3n) is 1.09. The molecule has 1 atom stereocenters. The van der Waals surface area contributed by atoms with Crippen LogP contribution in [-0.4, -0.2) is 19.3 Å². The molecule has 0 spiro atoms. The summed E-state index contributed by atoms with van der Waals surface area (Å²) in [4.78, 5) is 3.80. The van der Waals surface area contributed by atoms with Crippen molar-refractivity contribution < 1.29 is 4.55 Å². The van der Waals surface area contributed by atoms with Crippen LogP contribution < -0.4 is 0 Å². The first-order valence-corrected chi connectivity index (χ1v) is 4.49. The van der Waals surface area contributed by atoms with Gasteiger partial charge in [0.2, 0.25) is 0 Å². The molecular weight excluding hydrogens is 148 g/mol. The van der Waals surface area contributed by atoms with Gasteiger partial charge in [-0.1, -0.05) is 6.92 Å². The Morgan fingerprint density at radius 2 is 2.50 bits per heavy atom. The molecule has 1 rings (SSSR count). The van der Waals surface area contributed by atoms with Crippen molar-refractivity contribution in [1.82, 2.24) is 8.96 Å². The molecule has 0 fully saturated rings. The molecule has 0 aliphatic heterocycles. The maximum atomic E-state index is 11.1. The van der Waals surface area contributed by atoms with Gasteiger partial charge in [-0.15, -0.1) is 0 Å². The van der Waals surface area contributed by atoms with Crippen molar-refractivity contribution in [2.45, 2.75) is 13.3 Å². The molecule has 10 heavy (non-hydrogen) atoms. The minimum atomic E-state index is -0.898. The Morgan fingerprint density at radius 3 is 3.00 bits per heavy atom. The monoisotopic (exact) mass is 158 g/mol. The van der Waals surface area contributed by atoms with E-state index in [0.29, 0.717) is 5.75 Å². The van der Waals surface area contributed by atoms with E-state index in [1.165, 1.54) is 0 Å². The van der Waals surface area contributed by atoms with Crippen molar-refractivity contribution in [3.8, 4) is 0 Å². The van der Waals surface area contributed by atoms with Gasteiger partial charge in [0.25, 0.3) is 0 Å². The van der Waals surface area contributed by atoms with Crippen LogP contribution >= 0.6 is 0 Å². The highest BCUT2D eigenvalue weighted by molar-refractivity contribution is 7.89. The van der Waals surface area contributed by atoms with E-state index in [2.05, 4.69) is 4.98 Å². The highest BCUT2D eigenvalue weighted by atomic mass is 32.2. The molecule has 0 aliphatic rings. The minimum Gasteiger partial charge on any atom is -0.593 e. The Bertz CT molecular complexity index is 176. The molecule has 3 nitrogen and oxygen atoms in total. The molecule has 0 saturated carbocycles. The van der Waals surface area contributed by atoms with Crippen molar-refractivity contribution in [2.75, 3.05) is 5.75 Å². The molecule has 0 bridgehead atoms. The predicted octanol–water partition coefficient (Wildman–Crippen LogP) is 0.805. The molecule has 0 aliphatic carbocycles. The van der Waals surface area contributed by atoms with Gasteiger partial charge in [-0.2, -0.15) is 3.97 Å². The van der Waals surface area contributed by atoms with Crippen molar-refractivity contribution in [3.05, 3.63) is 18.7 Å². The van der Waals surface area contributed by atoms with E-state index in [9.17, 15) is 4.55 Å². The number of nitrogens with zero attached hydrogens (tertiary/aromatic N) is 2. The molecule has 0 N–H and O–H groups in total. The van der Waals surface area contributed by atoms with Crippen LogP contribution in [-0.2, 0) is 11.4 Å². The molecule has 56 valence electrons. The van der Waals surface area contributed by atoms with Gasteiger partial charge >= 0.3 is 0 Å². The topological polar surface area (TPSA) is 40.9 Å². The molecule has 4 heteroatoms. The summed E-state index contributed by atoms with van der Waals surface area (Å²) in [6.07, 6.45) is 5.86. The summed E-state index contributed by atoms with van der Waals surface area (Å²) in [5.74, 6) is 0.705. The Morgan fingerprint density at radius 1 is 1.70 bits per heavy atom. The number of hydrogen-bond donors (Lipinski definition) is 0. The lowest BCUT2D eigenvalue weighted by Crippen LogP contribution is -2.13. The summed E-state index contributed by atoms with van der Waals surface area (Å²) in [7, 11) is 0. The maximum absolute atomic E-state index is 11.1. The fourth-order valence-corrected chi connectivity index (χ4v) is 1.56. The van der Waals surface area contributed by atoms with E-state index in [1.54, 1.807) is 22.7 Å². The zero-order valence-electron chi connectivity index (χ0n) is 5.86. The Hall–Kier alpha value is -0.480. The Kier molecular flexibility index (Phi) is 2.77. The molecular formula is C6H10N2OS. The van der Waals surface area contributed by atoms with Gasteiger partial charge < -0.3 is 4.55 Å². The molecule has 1 unspecified atom stereocenters. The molecule has 0 saturated heterocycles. The van der Waals surface area contributed by atoms with Gasteiger partial charge in [0.05, 0.1) is 17.6 Å². The Balaban J connectivity index is 2.50. The van der Waals surface area contributed by atoms with Crippen molar-refractivity contribution in [1.29, 1.82) is 0 Å². The van der Waals surface area contributed by atoms with E-state index in [-0.39, 0.29) is 0 Å². The Labute approximate surface area is 63.4 Å². The fourth-order valence-electron chi connectivity index (χ4n) is 0.647. The third kappa shape index (κ3) is 1.75. The SMILES string of the molecule is CCC[S+]([O-])n1ccnc1. The largest absolute Gasteiger partial charge is 0.593 e. The van der Waals surface area contributed by atoms with E-state index < -0.39 is 11.4 Å². The average molecular weight is 158 g/mol. The maximum Gasteiger partial charge on any atom is 0.142 e. The normalized spacial score (nSPS) is 13.4. The van der Waals surface area contributed by atoms with Crippen molar-refractivity contribution in [3.63, 3.8) is 0 Å². The molecule has 0 radical (unpaired) electrons. The quantitative estimate of drug-likeness (QED) is 0.611. The summed E-state index contributed by atoms with van der Waals surface area (Å²) >= 11 is -0.898. The van der Waals surface area contributed by atoms with Crippen LogP contribution in [0.3, 0.4) is 0 Å². The summed E-state index contributed by atoms with van der Waals surface area (Å²) in [6, 6.07) is 0. The molecule has 0 amide bonds. The van der Waals surface area contributed by atoms with Gasteiger partial charge in [0.1, 0.15) is 12.1 Å². The van der Waals surface area contributed by atoms with Crippen molar-refractivity contribution >= 4 is 11.4 Å². The number of rotatable bonds is 3. The number of imidazole rings is 1. The van der Waals surface area contributed by atoms with E-state index in [1.807, 2.05) is 6.92 Å². The van der Waals surface area contributed by atoms with Crippen LogP contribution in [0.15, 0.2) is 18.7 Å². The van der Waals surface area contributed by atoms with Gasteiger partial charge in [-0.3, -0.25) is 0 Å². The summed E-state index contributed by atoms with van der Waals surface area (Å²) in [6.45, 7) is 2.01. The fraction of sp³-hybridized carbons (Fsp3) is 0.500. The second-order valence-electron chi connectivity index (χ2n) is 1.95. The van der Waals surface area contributed by atoms with Gasteiger partial charge in [0.15, 0.2) is 0 Å². The summed E-state index contributed by atoms with van der Waals surface area (Å²) in [5, 5.41) is 0. The standard InChI is InChI=1S/C6H10N2OS/c1-2-5-10(9)8-4-3-7-6-8/h3-4,6H,2,5H2,1H3. The van der Waals surface area contributed by atoms with Gasteiger partial charge in [-0.25, -0.2) is 4.98 Å². The molecule has 1 aromatic heterocycles. The predicted molar refractivity (Wildman–Crippen MR) is 40.9 cm³/mol. The van der Waals surface area contributed by atoms with E-state index in [0.717, 1.165) is 6.42 Å². The molecule has 1 aromatic rings. The molecule has 1 heterocycles. The van der Waals surface area contributed by atoms with Crippen LogP contribution in [0.25, 0.3) is 0 Å². The zero-order valence-corrected chi connectivity index (χ0v) is 6.67. The van der Waals surface area contributed by atoms with Crippen LogP contribution in [0, 0.1) is 0 Å². The average Bonchev–Trinajstić information content (AvgIpc) is 2.38. The molecule has 0 aromatic carbocycles. The third-order valence-corrected chi connectivity index (χ3v) is 2.54. The first-order valence-electron chi connectivity index (χ1n) is 3.21. The highest BCUT2D eigenvalue weighted by Crippen LogP contribution is 1.97. The first kappa shape index (κ1) is 7.63. The summed E-state index contributed by atoms with van der Waals surface area (Å²) < 4.78 is 12.8. The van der Waals surface area contributed by atoms with Crippen LogP contribution in [0.1, 0.15) is 13.3 Å². The minimum absolute atomic E-state index is 0.705. The van der Waals surface area contributed by atoms with Crippen LogP contribution in [0.5, 0.6) is 0 Å². The number of hydrogen-bond acceptors (Lipinski definition) is 2. The van der Waals surface area contributed by atoms with Gasteiger partial charge in [0, 0.05) is 6.20 Å². The number of aromatic nitrogens is 2. The van der Waals surface area contributed by atoms with E-state index >= 15 is 0 Å². The second kappa shape index (κ2) is 3.63. The highest BCUT2D eigenvalue weighted by Gasteiger charge is 2.04. The first-order chi connectivity index (χ1) is 4.84. The zero-order chi connectivity index (χ0) is 7.40. The second-order valence-corrected chi connectivity index (χ2v) is 3.42. The van der Waals surface area contributed by atoms with Crippen molar-refractivity contribution in [2.24, 2.45) is 0 Å². The van der Waals surface area contributed by atoms with Crippen LogP contribution in [0.4, 0.5) is 0 Å². The lowest BCUT2D eigenvalue weighted by molar-refractivity contribution is 0.585.